The molecule has 0 bridgehead atoms. The average molecular weight is 729 g/mol. The second-order valence-corrected chi connectivity index (χ2v) is 14.6. The molecule has 0 unspecified atom stereocenters. The van der Waals surface area contributed by atoms with E-state index in [0.29, 0.717) is 5.95 Å². The van der Waals surface area contributed by atoms with Crippen molar-refractivity contribution in [1.29, 1.82) is 0 Å². The van der Waals surface area contributed by atoms with Crippen molar-refractivity contribution < 1.29 is 4.42 Å². The van der Waals surface area contributed by atoms with Crippen LogP contribution in [0.1, 0.15) is 0 Å². The zero-order valence-corrected chi connectivity index (χ0v) is 30.7. The van der Waals surface area contributed by atoms with E-state index < -0.39 is 0 Å². The summed E-state index contributed by atoms with van der Waals surface area (Å²) in [5.74, 6) is 0.606. The number of aromatic nitrogens is 4. The zero-order chi connectivity index (χ0) is 37.5. The lowest BCUT2D eigenvalue weighted by atomic mass is 10.0. The molecule has 0 amide bonds. The third kappa shape index (κ3) is 4.96. The van der Waals surface area contributed by atoms with Gasteiger partial charge in [0.25, 0.3) is 0 Å². The number of rotatable bonds is 5. The van der Waals surface area contributed by atoms with E-state index in [1.54, 1.807) is 0 Å². The van der Waals surface area contributed by atoms with Gasteiger partial charge in [-0.1, -0.05) is 127 Å². The summed E-state index contributed by atoms with van der Waals surface area (Å²) in [6.45, 7) is 0. The van der Waals surface area contributed by atoms with Crippen molar-refractivity contribution in [2.75, 3.05) is 0 Å². The Morgan fingerprint density at radius 1 is 0.316 bits per heavy atom. The molecule has 57 heavy (non-hydrogen) atoms. The maximum atomic E-state index is 6.37. The second-order valence-electron chi connectivity index (χ2n) is 14.6. The molecule has 4 aromatic heterocycles. The predicted octanol–water partition coefficient (Wildman–Crippen LogP) is 13.6. The summed E-state index contributed by atoms with van der Waals surface area (Å²) in [6, 6.07) is 68.4. The highest BCUT2D eigenvalue weighted by Gasteiger charge is 2.21. The third-order valence-electron chi connectivity index (χ3n) is 11.3. The van der Waals surface area contributed by atoms with Crippen molar-refractivity contribution in [2.24, 2.45) is 0 Å². The van der Waals surface area contributed by atoms with Crippen molar-refractivity contribution in [3.8, 4) is 45.3 Å². The van der Waals surface area contributed by atoms with E-state index in [9.17, 15) is 0 Å². The minimum absolute atomic E-state index is 0.606. The number of hydrogen-bond donors (Lipinski definition) is 0. The fourth-order valence-electron chi connectivity index (χ4n) is 8.71. The van der Waals surface area contributed by atoms with E-state index in [1.807, 2.05) is 18.2 Å². The number of furan rings is 1. The van der Waals surface area contributed by atoms with E-state index in [0.717, 1.165) is 88.6 Å². The summed E-state index contributed by atoms with van der Waals surface area (Å²) in [6.07, 6.45) is 0. The Labute approximate surface area is 327 Å². The maximum Gasteiger partial charge on any atom is 0.235 e. The van der Waals surface area contributed by atoms with Gasteiger partial charge >= 0.3 is 0 Å². The SMILES string of the molecule is c1ccc(-c2cccc(-c3cc(-c4ccc5c(c4)oc4ccccc45)nc(-n4c5ccccc5c5cc6c(cc54)c4ccccc4n6-c4ccccc4)n3)c2)cc1. The van der Waals surface area contributed by atoms with E-state index in [2.05, 4.69) is 185 Å². The Bertz CT molecular complexity index is 3520. The van der Waals surface area contributed by atoms with E-state index in [-0.39, 0.29) is 0 Å². The lowest BCUT2D eigenvalue weighted by molar-refractivity contribution is 0.669. The van der Waals surface area contributed by atoms with Gasteiger partial charge in [-0.05, 0) is 77.9 Å². The van der Waals surface area contributed by atoms with Gasteiger partial charge < -0.3 is 8.98 Å². The molecule has 0 aliphatic carbocycles. The molecule has 8 aromatic carbocycles. The van der Waals surface area contributed by atoms with E-state index >= 15 is 0 Å². The molecular formula is C52H32N4O. The van der Waals surface area contributed by atoms with Crippen molar-refractivity contribution >= 4 is 65.6 Å². The summed E-state index contributed by atoms with van der Waals surface area (Å²) in [4.78, 5) is 10.8. The minimum atomic E-state index is 0.606. The normalized spacial score (nSPS) is 11.9. The smallest absolute Gasteiger partial charge is 0.235 e. The van der Waals surface area contributed by atoms with Crippen LogP contribution in [0.15, 0.2) is 199 Å². The molecule has 0 aliphatic rings. The van der Waals surface area contributed by atoms with Crippen molar-refractivity contribution in [3.05, 3.63) is 194 Å². The number of fused-ring (bicyclic) bond motifs is 9. The maximum absolute atomic E-state index is 6.37. The van der Waals surface area contributed by atoms with Crippen LogP contribution in [-0.2, 0) is 0 Å². The molecule has 0 radical (unpaired) electrons. The lowest BCUT2D eigenvalue weighted by Crippen LogP contribution is -2.04. The zero-order valence-electron chi connectivity index (χ0n) is 30.7. The van der Waals surface area contributed by atoms with Crippen molar-refractivity contribution in [1.82, 2.24) is 19.1 Å². The van der Waals surface area contributed by atoms with Crippen LogP contribution in [0.5, 0.6) is 0 Å². The summed E-state index contributed by atoms with van der Waals surface area (Å²) in [5, 5.41) is 6.84. The molecule has 0 spiro atoms. The number of nitrogens with zero attached hydrogens (tertiary/aromatic N) is 4. The fraction of sp³-hybridized carbons (Fsp3) is 0. The summed E-state index contributed by atoms with van der Waals surface area (Å²) < 4.78 is 11.0. The van der Waals surface area contributed by atoms with Crippen LogP contribution in [-0.4, -0.2) is 19.1 Å². The van der Waals surface area contributed by atoms with Gasteiger partial charge in [0.2, 0.25) is 5.95 Å². The summed E-state index contributed by atoms with van der Waals surface area (Å²) in [7, 11) is 0. The molecule has 4 heterocycles. The first-order valence-corrected chi connectivity index (χ1v) is 19.2. The highest BCUT2D eigenvalue weighted by Crippen LogP contribution is 2.40. The molecule has 12 aromatic rings. The van der Waals surface area contributed by atoms with Crippen LogP contribution >= 0.6 is 0 Å². The van der Waals surface area contributed by atoms with Crippen LogP contribution in [0.4, 0.5) is 0 Å². The Kier molecular flexibility index (Phi) is 6.86. The Morgan fingerprint density at radius 2 is 0.860 bits per heavy atom. The van der Waals surface area contributed by atoms with Crippen molar-refractivity contribution in [3.63, 3.8) is 0 Å². The molecule has 0 saturated carbocycles. The monoisotopic (exact) mass is 728 g/mol. The molecular weight excluding hydrogens is 697 g/mol. The van der Waals surface area contributed by atoms with Gasteiger partial charge in [-0.25, -0.2) is 9.97 Å². The molecule has 0 atom stereocenters. The van der Waals surface area contributed by atoms with E-state index in [1.165, 1.54) is 16.3 Å². The molecule has 266 valence electrons. The number of para-hydroxylation sites is 4. The average Bonchev–Trinajstić information content (AvgIpc) is 3.93. The number of hydrogen-bond acceptors (Lipinski definition) is 3. The second kappa shape index (κ2) is 12.4. The Morgan fingerprint density at radius 3 is 1.60 bits per heavy atom. The Hall–Kier alpha value is -7.76. The predicted molar refractivity (Wildman–Crippen MR) is 234 cm³/mol. The fourth-order valence-corrected chi connectivity index (χ4v) is 8.71. The van der Waals surface area contributed by atoms with Crippen molar-refractivity contribution in [2.45, 2.75) is 0 Å². The van der Waals surface area contributed by atoms with Crippen LogP contribution in [0.25, 0.3) is 111 Å². The molecule has 0 aliphatic heterocycles. The lowest BCUT2D eigenvalue weighted by Gasteiger charge is -2.13. The van der Waals surface area contributed by atoms with Crippen LogP contribution in [0.3, 0.4) is 0 Å². The third-order valence-corrected chi connectivity index (χ3v) is 11.3. The van der Waals surface area contributed by atoms with Gasteiger partial charge in [0.15, 0.2) is 0 Å². The molecule has 5 nitrogen and oxygen atoms in total. The molecule has 5 heteroatoms. The van der Waals surface area contributed by atoms with Gasteiger partial charge in [0.1, 0.15) is 11.2 Å². The van der Waals surface area contributed by atoms with Crippen LogP contribution in [0.2, 0.25) is 0 Å². The van der Waals surface area contributed by atoms with Gasteiger partial charge in [-0.15, -0.1) is 0 Å². The van der Waals surface area contributed by atoms with Gasteiger partial charge in [0.05, 0.1) is 33.5 Å². The molecule has 0 N–H and O–H groups in total. The first-order valence-electron chi connectivity index (χ1n) is 19.2. The van der Waals surface area contributed by atoms with E-state index in [4.69, 9.17) is 14.4 Å². The molecule has 12 rings (SSSR count). The summed E-state index contributed by atoms with van der Waals surface area (Å²) in [5.41, 5.74) is 13.2. The quantitative estimate of drug-likeness (QED) is 0.177. The Balaban J connectivity index is 1.14. The first-order chi connectivity index (χ1) is 28.2. The highest BCUT2D eigenvalue weighted by molar-refractivity contribution is 6.19. The van der Waals surface area contributed by atoms with Gasteiger partial charge in [-0.3, -0.25) is 4.57 Å². The topological polar surface area (TPSA) is 48.8 Å². The standard InChI is InChI=1S/C52H32N4O/c1-3-14-33(15-4-1)34-16-13-17-35(28-34)44-32-45(36-26-27-41-40-22-9-12-25-50(40)57-51(41)29-36)54-52(53-44)56-47-24-11-8-21-39(47)43-30-48-42(31-49(43)56)38-20-7-10-23-46(38)55(48)37-18-5-2-6-19-37/h1-32H. The molecule has 0 saturated heterocycles. The van der Waals surface area contributed by atoms with Crippen LogP contribution in [0, 0.1) is 0 Å². The van der Waals surface area contributed by atoms with Gasteiger partial charge in [-0.2, -0.15) is 0 Å². The first kappa shape index (κ1) is 31.6. The highest BCUT2D eigenvalue weighted by atomic mass is 16.3. The molecule has 0 fully saturated rings. The number of benzene rings is 8. The van der Waals surface area contributed by atoms with Gasteiger partial charge in [0, 0.05) is 49.1 Å². The summed E-state index contributed by atoms with van der Waals surface area (Å²) >= 11 is 0. The largest absolute Gasteiger partial charge is 0.456 e. The minimum Gasteiger partial charge on any atom is -0.456 e. The van der Waals surface area contributed by atoms with Crippen LogP contribution < -0.4 is 0 Å².